The Morgan fingerprint density at radius 3 is 2.44 bits per heavy atom. The van der Waals surface area contributed by atoms with Gasteiger partial charge in [0.1, 0.15) is 0 Å². The molecule has 0 radical (unpaired) electrons. The lowest BCUT2D eigenvalue weighted by atomic mass is 10.0. The molecule has 4 heteroatoms. The first-order valence-corrected chi connectivity index (χ1v) is 9.83. The molecule has 25 heavy (non-hydrogen) atoms. The fourth-order valence-electron chi connectivity index (χ4n) is 4.25. The molecule has 0 unspecified atom stereocenters. The quantitative estimate of drug-likeness (QED) is 0.801. The molecule has 4 nitrogen and oxygen atoms in total. The topological polar surface area (TPSA) is 32.8 Å². The zero-order valence-corrected chi connectivity index (χ0v) is 15.7. The van der Waals surface area contributed by atoms with Crippen molar-refractivity contribution in [2.45, 2.75) is 70.6 Å². The number of hydrogen-bond donors (Lipinski definition) is 0. The molecule has 0 bridgehead atoms. The minimum absolute atomic E-state index is 0.283. The average Bonchev–Trinajstić information content (AvgIpc) is 3.02. The molecule has 2 atom stereocenters. The van der Waals surface area contributed by atoms with Crippen LogP contribution in [0.2, 0.25) is 0 Å². The van der Waals surface area contributed by atoms with E-state index in [1.54, 1.807) is 7.11 Å². The predicted octanol–water partition coefficient (Wildman–Crippen LogP) is 4.22. The number of benzene rings is 1. The highest BCUT2D eigenvalue weighted by Gasteiger charge is 2.36. The Bertz CT molecular complexity index is 552. The molecule has 0 aromatic heterocycles. The number of piperidine rings is 1. The molecule has 1 aromatic carbocycles. The van der Waals surface area contributed by atoms with Gasteiger partial charge in [-0.2, -0.15) is 0 Å². The number of carbonyl (C=O) groups excluding carboxylic acids is 1. The first-order valence-electron chi connectivity index (χ1n) is 9.83. The summed E-state index contributed by atoms with van der Waals surface area (Å²) < 4.78 is 5.17. The molecule has 2 fully saturated rings. The van der Waals surface area contributed by atoms with Gasteiger partial charge in [0.25, 0.3) is 0 Å². The van der Waals surface area contributed by atoms with Gasteiger partial charge in [0.05, 0.1) is 6.61 Å². The van der Waals surface area contributed by atoms with Gasteiger partial charge in [-0.3, -0.25) is 0 Å². The zero-order chi connectivity index (χ0) is 17.6. The monoisotopic (exact) mass is 344 g/mol. The van der Waals surface area contributed by atoms with Crippen molar-refractivity contribution in [3.05, 3.63) is 35.4 Å². The molecule has 3 rings (SSSR count). The molecule has 0 N–H and O–H groups in total. The van der Waals surface area contributed by atoms with Gasteiger partial charge in [0, 0.05) is 32.3 Å². The first-order chi connectivity index (χ1) is 12.2. The maximum Gasteiger partial charge on any atom is 0.320 e. The minimum Gasteiger partial charge on any atom is -0.380 e. The van der Waals surface area contributed by atoms with Gasteiger partial charge < -0.3 is 14.5 Å². The van der Waals surface area contributed by atoms with E-state index in [-0.39, 0.29) is 6.03 Å². The van der Waals surface area contributed by atoms with Crippen molar-refractivity contribution in [3.63, 3.8) is 0 Å². The Kier molecular flexibility index (Phi) is 6.35. The van der Waals surface area contributed by atoms with Crippen LogP contribution in [0, 0.1) is 0 Å². The van der Waals surface area contributed by atoms with Crippen LogP contribution in [0.25, 0.3) is 0 Å². The lowest BCUT2D eigenvalue weighted by Gasteiger charge is -2.36. The predicted molar refractivity (Wildman–Crippen MR) is 101 cm³/mol. The van der Waals surface area contributed by atoms with E-state index in [1.165, 1.54) is 17.5 Å². The standard InChI is InChI=1S/C21H32N2O2/c1-17-6-12-20(23(17)21(24)22-14-4-3-5-15-22)13-11-18-7-9-19(10-8-18)16-25-2/h7-10,17,20H,3-6,11-16H2,1-2H3/t17-,20-/m1/s1. The Morgan fingerprint density at radius 2 is 1.76 bits per heavy atom. The van der Waals surface area contributed by atoms with Crippen LogP contribution in [0.4, 0.5) is 4.79 Å². The van der Waals surface area contributed by atoms with Crippen LogP contribution in [0.3, 0.4) is 0 Å². The average molecular weight is 344 g/mol. The third kappa shape index (κ3) is 4.55. The molecule has 0 spiro atoms. The van der Waals surface area contributed by atoms with Crippen molar-refractivity contribution in [2.24, 2.45) is 0 Å². The molecular weight excluding hydrogens is 312 g/mol. The van der Waals surface area contributed by atoms with E-state index < -0.39 is 0 Å². The van der Waals surface area contributed by atoms with Gasteiger partial charge >= 0.3 is 6.03 Å². The molecule has 2 saturated heterocycles. The second kappa shape index (κ2) is 8.70. The number of likely N-dealkylation sites (tertiary alicyclic amines) is 2. The van der Waals surface area contributed by atoms with E-state index in [0.29, 0.717) is 18.7 Å². The summed E-state index contributed by atoms with van der Waals surface area (Å²) in [4.78, 5) is 17.3. The number of rotatable bonds is 5. The van der Waals surface area contributed by atoms with E-state index in [9.17, 15) is 4.79 Å². The van der Waals surface area contributed by atoms with Gasteiger partial charge in [-0.05, 0) is 63.0 Å². The van der Waals surface area contributed by atoms with E-state index in [4.69, 9.17) is 4.74 Å². The van der Waals surface area contributed by atoms with Crippen LogP contribution in [0.5, 0.6) is 0 Å². The SMILES string of the molecule is COCc1ccc(CC[C@H]2CC[C@@H](C)N2C(=O)N2CCCCC2)cc1. The summed E-state index contributed by atoms with van der Waals surface area (Å²) in [6.07, 6.45) is 7.96. The zero-order valence-electron chi connectivity index (χ0n) is 15.7. The number of urea groups is 1. The molecular formula is C21H32N2O2. The third-order valence-electron chi connectivity index (χ3n) is 5.73. The van der Waals surface area contributed by atoms with Crippen LogP contribution in [-0.2, 0) is 17.8 Å². The molecule has 0 aliphatic carbocycles. The summed E-state index contributed by atoms with van der Waals surface area (Å²) >= 11 is 0. The lowest BCUT2D eigenvalue weighted by molar-refractivity contribution is 0.124. The first kappa shape index (κ1) is 18.2. The van der Waals surface area contributed by atoms with E-state index in [1.807, 2.05) is 0 Å². The summed E-state index contributed by atoms with van der Waals surface area (Å²) in [5, 5.41) is 0. The smallest absolute Gasteiger partial charge is 0.320 e. The minimum atomic E-state index is 0.283. The maximum atomic E-state index is 13.0. The van der Waals surface area contributed by atoms with Gasteiger partial charge in [-0.25, -0.2) is 4.79 Å². The van der Waals surface area contributed by atoms with Crippen LogP contribution in [0.1, 0.15) is 56.6 Å². The van der Waals surface area contributed by atoms with E-state index >= 15 is 0 Å². The summed E-state index contributed by atoms with van der Waals surface area (Å²) in [5.74, 6) is 0. The van der Waals surface area contributed by atoms with Crippen LogP contribution in [-0.4, -0.2) is 48.1 Å². The summed E-state index contributed by atoms with van der Waals surface area (Å²) in [7, 11) is 1.73. The number of ether oxygens (including phenoxy) is 1. The molecule has 2 heterocycles. The molecule has 2 amide bonds. The molecule has 2 aliphatic rings. The van der Waals surface area contributed by atoms with Crippen molar-refractivity contribution in [3.8, 4) is 0 Å². The number of carbonyl (C=O) groups is 1. The Hall–Kier alpha value is -1.55. The molecule has 138 valence electrons. The fraction of sp³-hybridized carbons (Fsp3) is 0.667. The normalized spacial score (nSPS) is 23.9. The van der Waals surface area contributed by atoms with Crippen LogP contribution >= 0.6 is 0 Å². The van der Waals surface area contributed by atoms with Crippen molar-refractivity contribution in [1.29, 1.82) is 0 Å². The molecule has 0 saturated carbocycles. The van der Waals surface area contributed by atoms with Crippen molar-refractivity contribution in [1.82, 2.24) is 9.80 Å². The van der Waals surface area contributed by atoms with Gasteiger partial charge in [-0.15, -0.1) is 0 Å². The lowest BCUT2D eigenvalue weighted by Crippen LogP contribution is -2.49. The number of amides is 2. The number of methoxy groups -OCH3 is 1. The number of nitrogens with zero attached hydrogens (tertiary/aromatic N) is 2. The van der Waals surface area contributed by atoms with Crippen molar-refractivity contribution in [2.75, 3.05) is 20.2 Å². The van der Waals surface area contributed by atoms with E-state index in [0.717, 1.165) is 51.6 Å². The summed E-state index contributed by atoms with van der Waals surface area (Å²) in [6, 6.07) is 9.74. The van der Waals surface area contributed by atoms with Crippen molar-refractivity contribution >= 4 is 6.03 Å². The second-order valence-electron chi connectivity index (χ2n) is 7.61. The third-order valence-corrected chi connectivity index (χ3v) is 5.73. The fourth-order valence-corrected chi connectivity index (χ4v) is 4.25. The van der Waals surface area contributed by atoms with Crippen molar-refractivity contribution < 1.29 is 9.53 Å². The Morgan fingerprint density at radius 1 is 1.08 bits per heavy atom. The Balaban J connectivity index is 1.57. The van der Waals surface area contributed by atoms with Gasteiger partial charge in [-0.1, -0.05) is 24.3 Å². The number of aryl methyl sites for hydroxylation is 1. The number of hydrogen-bond acceptors (Lipinski definition) is 2. The van der Waals surface area contributed by atoms with Gasteiger partial charge in [0.2, 0.25) is 0 Å². The van der Waals surface area contributed by atoms with Crippen LogP contribution in [0.15, 0.2) is 24.3 Å². The van der Waals surface area contributed by atoms with Gasteiger partial charge in [0.15, 0.2) is 0 Å². The molecule has 2 aliphatic heterocycles. The largest absolute Gasteiger partial charge is 0.380 e. The highest BCUT2D eigenvalue weighted by molar-refractivity contribution is 5.75. The van der Waals surface area contributed by atoms with E-state index in [2.05, 4.69) is 41.0 Å². The second-order valence-corrected chi connectivity index (χ2v) is 7.61. The highest BCUT2D eigenvalue weighted by atomic mass is 16.5. The van der Waals surface area contributed by atoms with Crippen LogP contribution < -0.4 is 0 Å². The Labute approximate surface area is 152 Å². The highest BCUT2D eigenvalue weighted by Crippen LogP contribution is 2.29. The maximum absolute atomic E-state index is 13.0. The summed E-state index contributed by atoms with van der Waals surface area (Å²) in [5.41, 5.74) is 2.56. The summed E-state index contributed by atoms with van der Waals surface area (Å²) in [6.45, 7) is 4.76. The molecule has 1 aromatic rings.